The van der Waals surface area contributed by atoms with E-state index in [0.717, 1.165) is 16.2 Å². The summed E-state index contributed by atoms with van der Waals surface area (Å²) in [7, 11) is -2.65. The van der Waals surface area contributed by atoms with Crippen molar-refractivity contribution >= 4 is 17.8 Å². The van der Waals surface area contributed by atoms with E-state index in [0.29, 0.717) is 6.16 Å². The molecule has 3 aromatic rings. The molecule has 0 N–H and O–H groups in total. The van der Waals surface area contributed by atoms with Crippen molar-refractivity contribution in [3.63, 3.8) is 0 Å². The van der Waals surface area contributed by atoms with Crippen LogP contribution < -0.4 is 10.6 Å². The lowest BCUT2D eigenvalue weighted by Gasteiger charge is -2.19. The van der Waals surface area contributed by atoms with Crippen molar-refractivity contribution in [2.45, 2.75) is 13.1 Å². The highest BCUT2D eigenvalue weighted by molar-refractivity contribution is 7.78. The summed E-state index contributed by atoms with van der Waals surface area (Å²) in [5, 5.41) is 1.83. The molecular formula is C22H23OP. The summed E-state index contributed by atoms with van der Waals surface area (Å²) in [6, 6.07) is 29.7. The Morgan fingerprint density at radius 2 is 1.08 bits per heavy atom. The molecule has 0 saturated carbocycles. The number of hydrogen-bond donors (Lipinski definition) is 0. The summed E-state index contributed by atoms with van der Waals surface area (Å²) in [5.41, 5.74) is 1.11. The lowest BCUT2D eigenvalue weighted by atomic mass is 10.2. The van der Waals surface area contributed by atoms with E-state index in [4.69, 9.17) is 0 Å². The predicted octanol–water partition coefficient (Wildman–Crippen LogP) is 5.39. The molecule has 0 saturated heterocycles. The predicted molar refractivity (Wildman–Crippen MR) is 106 cm³/mol. The van der Waals surface area contributed by atoms with Crippen molar-refractivity contribution in [2.24, 2.45) is 0 Å². The van der Waals surface area contributed by atoms with Crippen LogP contribution in [0.1, 0.15) is 12.5 Å². The van der Waals surface area contributed by atoms with Crippen LogP contribution in [0.25, 0.3) is 0 Å². The molecular weight excluding hydrogens is 311 g/mol. The molecule has 122 valence electrons. The van der Waals surface area contributed by atoms with Crippen LogP contribution in [-0.4, -0.2) is 0 Å². The van der Waals surface area contributed by atoms with Gasteiger partial charge in [-0.15, -0.1) is 6.58 Å². The first-order chi connectivity index (χ1) is 11.7. The third kappa shape index (κ3) is 4.57. The Hall–Kier alpha value is -2.37. The molecule has 1 nitrogen and oxygen atoms in total. The second-order valence-electron chi connectivity index (χ2n) is 5.46. The Labute approximate surface area is 145 Å². The third-order valence-corrected chi connectivity index (χ3v) is 6.67. The van der Waals surface area contributed by atoms with Gasteiger partial charge in [-0.05, 0) is 12.5 Å². The van der Waals surface area contributed by atoms with Crippen molar-refractivity contribution < 1.29 is 4.57 Å². The van der Waals surface area contributed by atoms with Gasteiger partial charge in [0.05, 0.1) is 0 Å². The molecule has 3 aromatic carbocycles. The molecule has 0 spiro atoms. The number of hydrogen-bond acceptors (Lipinski definition) is 1. The van der Waals surface area contributed by atoms with E-state index in [-0.39, 0.29) is 0 Å². The number of allylic oxidation sites excluding steroid dienone is 1. The fourth-order valence-electron chi connectivity index (χ4n) is 2.51. The van der Waals surface area contributed by atoms with Gasteiger partial charge in [0, 0.05) is 16.8 Å². The molecule has 0 aliphatic rings. The summed E-state index contributed by atoms with van der Waals surface area (Å²) in [6.07, 6.45) is 2.31. The number of rotatable bonds is 4. The van der Waals surface area contributed by atoms with Crippen LogP contribution in [-0.2, 0) is 10.7 Å². The molecule has 0 aromatic heterocycles. The highest BCUT2D eigenvalue weighted by Gasteiger charge is 2.27. The second-order valence-corrected chi connectivity index (χ2v) is 8.29. The van der Waals surface area contributed by atoms with Crippen LogP contribution in [0.2, 0.25) is 0 Å². The van der Waals surface area contributed by atoms with Crippen molar-refractivity contribution in [3.8, 4) is 0 Å². The molecule has 0 heterocycles. The van der Waals surface area contributed by atoms with Crippen LogP contribution in [0.15, 0.2) is 104 Å². The Balaban J connectivity index is 0.000000647. The van der Waals surface area contributed by atoms with E-state index in [1.165, 1.54) is 0 Å². The highest BCUT2D eigenvalue weighted by Crippen LogP contribution is 2.46. The van der Waals surface area contributed by atoms with Gasteiger partial charge < -0.3 is 4.57 Å². The lowest BCUT2D eigenvalue weighted by Crippen LogP contribution is -2.17. The standard InChI is InChI=1S/C19H17OP.C3H6/c20-21(18-12-6-2-7-13-18,19-14-8-3-9-15-19)16-17-10-4-1-5-11-17;1-3-2/h1-15H,16H2;3H,1H2,2H3. The summed E-state index contributed by atoms with van der Waals surface area (Å²) < 4.78 is 13.8. The average molecular weight is 334 g/mol. The summed E-state index contributed by atoms with van der Waals surface area (Å²) in [4.78, 5) is 0. The fraction of sp³-hybridized carbons (Fsp3) is 0.0909. The topological polar surface area (TPSA) is 17.1 Å². The van der Waals surface area contributed by atoms with Gasteiger partial charge in [0.25, 0.3) is 0 Å². The molecule has 0 radical (unpaired) electrons. The van der Waals surface area contributed by atoms with Crippen molar-refractivity contribution in [2.75, 3.05) is 0 Å². The quantitative estimate of drug-likeness (QED) is 0.461. The molecule has 24 heavy (non-hydrogen) atoms. The van der Waals surface area contributed by atoms with Crippen LogP contribution in [0, 0.1) is 0 Å². The molecule has 0 aliphatic heterocycles. The molecule has 2 heteroatoms. The highest BCUT2D eigenvalue weighted by atomic mass is 31.2. The van der Waals surface area contributed by atoms with Gasteiger partial charge in [0.1, 0.15) is 7.14 Å². The molecule has 0 bridgehead atoms. The second kappa shape index (κ2) is 9.05. The smallest absolute Gasteiger partial charge is 0.147 e. The Morgan fingerprint density at radius 1 is 0.750 bits per heavy atom. The largest absolute Gasteiger partial charge is 0.313 e. The summed E-state index contributed by atoms with van der Waals surface area (Å²) >= 11 is 0. The van der Waals surface area contributed by atoms with Crippen molar-refractivity contribution in [1.29, 1.82) is 0 Å². The monoisotopic (exact) mass is 334 g/mol. The first kappa shape index (κ1) is 18.0. The van der Waals surface area contributed by atoms with E-state index in [9.17, 15) is 4.57 Å². The van der Waals surface area contributed by atoms with Gasteiger partial charge in [0.15, 0.2) is 0 Å². The van der Waals surface area contributed by atoms with Gasteiger partial charge in [-0.25, -0.2) is 0 Å². The van der Waals surface area contributed by atoms with Crippen LogP contribution >= 0.6 is 7.14 Å². The maximum atomic E-state index is 13.8. The normalized spacial score (nSPS) is 10.4. The minimum absolute atomic E-state index is 0.557. The molecule has 0 atom stereocenters. The molecule has 0 unspecified atom stereocenters. The average Bonchev–Trinajstić information content (AvgIpc) is 2.65. The van der Waals surface area contributed by atoms with Gasteiger partial charge in [0.2, 0.25) is 0 Å². The first-order valence-electron chi connectivity index (χ1n) is 8.02. The van der Waals surface area contributed by atoms with E-state index in [1.54, 1.807) is 6.08 Å². The number of benzene rings is 3. The molecule has 0 amide bonds. The molecule has 3 rings (SSSR count). The Morgan fingerprint density at radius 3 is 1.46 bits per heavy atom. The Kier molecular flexibility index (Phi) is 6.78. The zero-order valence-corrected chi connectivity index (χ0v) is 14.9. The zero-order chi connectivity index (χ0) is 17.3. The minimum Gasteiger partial charge on any atom is -0.313 e. The third-order valence-electron chi connectivity index (χ3n) is 3.59. The minimum atomic E-state index is -2.65. The molecule has 0 aliphatic carbocycles. The van der Waals surface area contributed by atoms with Crippen LogP contribution in [0.3, 0.4) is 0 Å². The first-order valence-corrected chi connectivity index (χ1v) is 9.91. The zero-order valence-electron chi connectivity index (χ0n) is 14.0. The summed E-state index contributed by atoms with van der Waals surface area (Å²) in [5.74, 6) is 0. The SMILES string of the molecule is C=CC.O=P(Cc1ccccc1)(c1ccccc1)c1ccccc1. The fourth-order valence-corrected chi connectivity index (χ4v) is 5.21. The van der Waals surface area contributed by atoms with E-state index >= 15 is 0 Å². The maximum Gasteiger partial charge on any atom is 0.147 e. The van der Waals surface area contributed by atoms with Crippen LogP contribution in [0.5, 0.6) is 0 Å². The Bertz CT molecular complexity index is 736. The summed E-state index contributed by atoms with van der Waals surface area (Å²) in [6.45, 7) is 5.25. The van der Waals surface area contributed by atoms with Gasteiger partial charge in [-0.2, -0.15) is 0 Å². The van der Waals surface area contributed by atoms with Crippen LogP contribution in [0.4, 0.5) is 0 Å². The van der Waals surface area contributed by atoms with Crippen molar-refractivity contribution in [1.82, 2.24) is 0 Å². The van der Waals surface area contributed by atoms with Gasteiger partial charge in [-0.3, -0.25) is 0 Å². The lowest BCUT2D eigenvalue weighted by molar-refractivity contribution is 0.586. The van der Waals surface area contributed by atoms with E-state index in [2.05, 4.69) is 6.58 Å². The van der Waals surface area contributed by atoms with E-state index < -0.39 is 7.14 Å². The van der Waals surface area contributed by atoms with E-state index in [1.807, 2.05) is 97.9 Å². The van der Waals surface area contributed by atoms with Crippen molar-refractivity contribution in [3.05, 3.63) is 109 Å². The maximum absolute atomic E-state index is 13.8. The van der Waals surface area contributed by atoms with Gasteiger partial charge in [-0.1, -0.05) is 97.1 Å². The van der Waals surface area contributed by atoms with Gasteiger partial charge >= 0.3 is 0 Å². The molecule has 0 fully saturated rings.